The van der Waals surface area contributed by atoms with Gasteiger partial charge in [-0.1, -0.05) is 12.1 Å². The molecule has 0 spiro atoms. The molecule has 0 aliphatic carbocycles. The summed E-state index contributed by atoms with van der Waals surface area (Å²) in [5.41, 5.74) is 0.968. The Hall–Kier alpha value is -1.85. The zero-order valence-electron chi connectivity index (χ0n) is 14.0. The van der Waals surface area contributed by atoms with Crippen LogP contribution in [0.3, 0.4) is 0 Å². The van der Waals surface area contributed by atoms with Crippen molar-refractivity contribution in [2.24, 2.45) is 0 Å². The minimum Gasteiger partial charge on any atom is -0.488 e. The minimum absolute atomic E-state index is 0.193. The van der Waals surface area contributed by atoms with Gasteiger partial charge in [0.2, 0.25) is 0 Å². The van der Waals surface area contributed by atoms with Gasteiger partial charge in [0.1, 0.15) is 11.4 Å². The number of aromatic nitrogens is 2. The second kappa shape index (κ2) is 6.34. The fraction of sp³-hybridized carbons (Fsp3) is 0.500. The van der Waals surface area contributed by atoms with Gasteiger partial charge in [0.15, 0.2) is 5.79 Å². The first-order valence-corrected chi connectivity index (χ1v) is 7.96. The largest absolute Gasteiger partial charge is 0.488 e. The van der Waals surface area contributed by atoms with E-state index in [1.807, 2.05) is 43.7 Å². The molecule has 2 heterocycles. The predicted molar refractivity (Wildman–Crippen MR) is 87.4 cm³/mol. The molecule has 1 saturated heterocycles. The highest BCUT2D eigenvalue weighted by atomic mass is 16.7. The lowest BCUT2D eigenvalue weighted by molar-refractivity contribution is -0.166. The summed E-state index contributed by atoms with van der Waals surface area (Å²) < 4.78 is 19.7. The molecule has 23 heavy (non-hydrogen) atoms. The Bertz CT molecular complexity index is 609. The van der Waals surface area contributed by atoms with Crippen LogP contribution in [0.15, 0.2) is 43.0 Å². The number of ether oxygens (including phenoxy) is 3. The standard InChI is InChI=1S/C18H24N2O3/c1-17(2,3)23-16-6-4-15(5-7-16)12-18(21-10-11-22-18)13-20-9-8-19-14-20/h4-9,14H,10-13H2,1-3H3. The maximum absolute atomic E-state index is 5.93. The van der Waals surface area contributed by atoms with Gasteiger partial charge in [0, 0.05) is 18.8 Å². The van der Waals surface area contributed by atoms with Crippen LogP contribution >= 0.6 is 0 Å². The van der Waals surface area contributed by atoms with Gasteiger partial charge in [-0.15, -0.1) is 0 Å². The van der Waals surface area contributed by atoms with Crippen molar-refractivity contribution in [3.8, 4) is 5.75 Å². The van der Waals surface area contributed by atoms with E-state index in [4.69, 9.17) is 14.2 Å². The van der Waals surface area contributed by atoms with Crippen molar-refractivity contribution in [1.82, 2.24) is 9.55 Å². The molecule has 0 unspecified atom stereocenters. The van der Waals surface area contributed by atoms with Gasteiger partial charge >= 0.3 is 0 Å². The Kier molecular flexibility index (Phi) is 4.41. The molecule has 5 heteroatoms. The molecule has 2 aromatic rings. The van der Waals surface area contributed by atoms with Crippen LogP contribution in [0.5, 0.6) is 5.75 Å². The van der Waals surface area contributed by atoms with Crippen LogP contribution in [-0.4, -0.2) is 34.2 Å². The van der Waals surface area contributed by atoms with Crippen molar-refractivity contribution in [2.45, 2.75) is 45.1 Å². The van der Waals surface area contributed by atoms with Gasteiger partial charge in [-0.2, -0.15) is 0 Å². The van der Waals surface area contributed by atoms with E-state index in [1.165, 1.54) is 0 Å². The summed E-state index contributed by atoms with van der Waals surface area (Å²) in [6.45, 7) is 8.01. The van der Waals surface area contributed by atoms with E-state index in [0.717, 1.165) is 11.3 Å². The third kappa shape index (κ3) is 4.33. The number of benzene rings is 1. The lowest BCUT2D eigenvalue weighted by atomic mass is 10.0. The number of rotatable bonds is 5. The molecule has 0 atom stereocenters. The van der Waals surface area contributed by atoms with E-state index in [0.29, 0.717) is 26.2 Å². The van der Waals surface area contributed by atoms with Gasteiger partial charge in [0.25, 0.3) is 0 Å². The monoisotopic (exact) mass is 316 g/mol. The number of imidazole rings is 1. The summed E-state index contributed by atoms with van der Waals surface area (Å²) in [4.78, 5) is 4.08. The van der Waals surface area contributed by atoms with E-state index in [2.05, 4.69) is 17.1 Å². The van der Waals surface area contributed by atoms with Gasteiger partial charge < -0.3 is 18.8 Å². The van der Waals surface area contributed by atoms with E-state index in [9.17, 15) is 0 Å². The summed E-state index contributed by atoms with van der Waals surface area (Å²) >= 11 is 0. The second-order valence-electron chi connectivity index (χ2n) is 6.88. The van der Waals surface area contributed by atoms with Crippen molar-refractivity contribution in [3.63, 3.8) is 0 Å². The molecule has 0 saturated carbocycles. The average molecular weight is 316 g/mol. The third-order valence-electron chi connectivity index (χ3n) is 3.62. The molecule has 124 valence electrons. The van der Waals surface area contributed by atoms with Crippen LogP contribution in [-0.2, 0) is 22.4 Å². The minimum atomic E-state index is -0.618. The Labute approximate surface area is 137 Å². The van der Waals surface area contributed by atoms with E-state index in [1.54, 1.807) is 12.5 Å². The molecule has 3 rings (SSSR count). The molecule has 1 aromatic carbocycles. The van der Waals surface area contributed by atoms with Crippen LogP contribution < -0.4 is 4.74 Å². The Morgan fingerprint density at radius 2 is 1.87 bits per heavy atom. The maximum atomic E-state index is 5.93. The highest BCUT2D eigenvalue weighted by molar-refractivity contribution is 5.28. The highest BCUT2D eigenvalue weighted by Gasteiger charge is 2.37. The van der Waals surface area contributed by atoms with Crippen molar-refractivity contribution < 1.29 is 14.2 Å². The van der Waals surface area contributed by atoms with E-state index in [-0.39, 0.29) is 5.60 Å². The molecule has 1 fully saturated rings. The van der Waals surface area contributed by atoms with Crippen LogP contribution in [0.1, 0.15) is 26.3 Å². The first-order valence-electron chi connectivity index (χ1n) is 7.96. The summed E-state index contributed by atoms with van der Waals surface area (Å²) in [5, 5.41) is 0. The van der Waals surface area contributed by atoms with Crippen molar-refractivity contribution in [1.29, 1.82) is 0 Å². The molecule has 0 bridgehead atoms. The Morgan fingerprint density at radius 3 is 2.43 bits per heavy atom. The summed E-state index contributed by atoms with van der Waals surface area (Å²) in [6, 6.07) is 8.14. The number of nitrogens with zero attached hydrogens (tertiary/aromatic N) is 2. The van der Waals surface area contributed by atoms with Crippen molar-refractivity contribution in [3.05, 3.63) is 48.5 Å². The molecule has 1 aliphatic rings. The summed E-state index contributed by atoms with van der Waals surface area (Å²) in [6.07, 6.45) is 6.17. The fourth-order valence-electron chi connectivity index (χ4n) is 2.74. The van der Waals surface area contributed by atoms with Gasteiger partial charge in [-0.3, -0.25) is 0 Å². The molecule has 0 radical (unpaired) electrons. The third-order valence-corrected chi connectivity index (χ3v) is 3.62. The average Bonchev–Trinajstić information content (AvgIpc) is 3.12. The molecule has 1 aromatic heterocycles. The summed E-state index contributed by atoms with van der Waals surface area (Å²) in [7, 11) is 0. The molecular formula is C18H24N2O3. The smallest absolute Gasteiger partial charge is 0.190 e. The quantitative estimate of drug-likeness (QED) is 0.850. The van der Waals surface area contributed by atoms with Gasteiger partial charge in [0.05, 0.1) is 26.1 Å². The fourth-order valence-corrected chi connectivity index (χ4v) is 2.74. The van der Waals surface area contributed by atoms with Crippen molar-refractivity contribution >= 4 is 0 Å². The lowest BCUT2D eigenvalue weighted by Crippen LogP contribution is -2.37. The topological polar surface area (TPSA) is 45.5 Å². The van der Waals surface area contributed by atoms with Crippen molar-refractivity contribution in [2.75, 3.05) is 13.2 Å². The SMILES string of the molecule is CC(C)(C)Oc1ccc(CC2(Cn3ccnc3)OCCO2)cc1. The normalized spacial score (nSPS) is 17.3. The second-order valence-corrected chi connectivity index (χ2v) is 6.88. The highest BCUT2D eigenvalue weighted by Crippen LogP contribution is 2.28. The first kappa shape index (κ1) is 16.0. The zero-order chi connectivity index (χ0) is 16.3. The predicted octanol–water partition coefficient (Wildman–Crippen LogP) is 3.05. The molecule has 0 amide bonds. The zero-order valence-corrected chi connectivity index (χ0v) is 14.0. The van der Waals surface area contributed by atoms with Gasteiger partial charge in [-0.05, 0) is 38.5 Å². The molecular weight excluding hydrogens is 292 g/mol. The molecule has 0 N–H and O–H groups in total. The number of hydrogen-bond acceptors (Lipinski definition) is 4. The lowest BCUT2D eigenvalue weighted by Gasteiger charge is -2.28. The molecule has 5 nitrogen and oxygen atoms in total. The Morgan fingerprint density at radius 1 is 1.17 bits per heavy atom. The number of hydrogen-bond donors (Lipinski definition) is 0. The van der Waals surface area contributed by atoms with Crippen LogP contribution in [0.25, 0.3) is 0 Å². The van der Waals surface area contributed by atoms with Gasteiger partial charge in [-0.25, -0.2) is 4.98 Å². The molecule has 1 aliphatic heterocycles. The van der Waals surface area contributed by atoms with E-state index >= 15 is 0 Å². The van der Waals surface area contributed by atoms with Crippen LogP contribution in [0, 0.1) is 0 Å². The first-order chi connectivity index (χ1) is 10.9. The maximum Gasteiger partial charge on any atom is 0.190 e. The van der Waals surface area contributed by atoms with Crippen LogP contribution in [0.4, 0.5) is 0 Å². The van der Waals surface area contributed by atoms with Crippen LogP contribution in [0.2, 0.25) is 0 Å². The summed E-state index contributed by atoms with van der Waals surface area (Å²) in [5.74, 6) is 0.255. The van der Waals surface area contributed by atoms with E-state index < -0.39 is 5.79 Å². The Balaban J connectivity index is 1.70.